The molecule has 0 radical (unpaired) electrons. The maximum atomic E-state index is 12.6. The van der Waals surface area contributed by atoms with Gasteiger partial charge < -0.3 is 25.2 Å². The largest absolute Gasteiger partial charge is 0.497 e. The molecule has 2 N–H and O–H groups in total. The number of hydrogen-bond donors (Lipinski definition) is 2. The van der Waals surface area contributed by atoms with Crippen molar-refractivity contribution in [1.82, 2.24) is 14.9 Å². The molecule has 2 aliphatic heterocycles. The Hall–Kier alpha value is -2.87. The molecule has 27 heavy (non-hydrogen) atoms. The van der Waals surface area contributed by atoms with Crippen LogP contribution in [0.3, 0.4) is 0 Å². The number of methoxy groups -OCH3 is 1. The lowest BCUT2D eigenvalue weighted by molar-refractivity contribution is 0.102. The molecule has 0 unspecified atom stereocenters. The third-order valence-electron chi connectivity index (χ3n) is 5.30. The molecule has 1 aromatic heterocycles. The van der Waals surface area contributed by atoms with Gasteiger partial charge in [-0.25, -0.2) is 4.98 Å². The molecule has 1 aromatic carbocycles. The van der Waals surface area contributed by atoms with Crippen molar-refractivity contribution in [3.8, 4) is 5.75 Å². The first-order chi connectivity index (χ1) is 13.0. The van der Waals surface area contributed by atoms with E-state index in [4.69, 9.17) is 4.74 Å². The predicted molar refractivity (Wildman–Crippen MR) is 105 cm³/mol. The number of aromatic nitrogens is 2. The maximum Gasteiger partial charge on any atom is 0.261 e. The number of anilines is 4. The van der Waals surface area contributed by atoms with Crippen molar-refractivity contribution in [2.45, 2.75) is 18.9 Å². The molecule has 8 nitrogen and oxygen atoms in total. The average molecular weight is 368 g/mol. The highest BCUT2D eigenvalue weighted by Crippen LogP contribution is 2.34. The van der Waals surface area contributed by atoms with E-state index in [0.717, 1.165) is 31.6 Å². The molecule has 0 bridgehead atoms. The van der Waals surface area contributed by atoms with Gasteiger partial charge in [0.1, 0.15) is 17.1 Å². The lowest BCUT2D eigenvalue weighted by Gasteiger charge is -2.35. The molecule has 0 aliphatic carbocycles. The van der Waals surface area contributed by atoms with Crippen LogP contribution < -0.4 is 20.3 Å². The van der Waals surface area contributed by atoms with Gasteiger partial charge in [0.25, 0.3) is 5.91 Å². The number of carbonyl (C=O) groups excluding carboxylic acids is 1. The van der Waals surface area contributed by atoms with Crippen LogP contribution in [0.15, 0.2) is 24.4 Å². The number of ether oxygens (including phenoxy) is 1. The standard InChI is InChI=1S/C19H24N6O2/c1-24-8-6-12(7-9-24)25(2)19-20-11-14-17(23-19)21-15-5-4-13(27-3)10-16(15)22-18(14)26/h4-5,10-12H,6-9H2,1-3H3,(H,22,26)(H,20,21,23). The number of fused-ring (bicyclic) bond motifs is 2. The number of likely N-dealkylation sites (tertiary alicyclic amines) is 1. The molecule has 4 rings (SSSR count). The Balaban J connectivity index is 1.63. The Bertz CT molecular complexity index is 863. The fraction of sp³-hybridized carbons (Fsp3) is 0.421. The van der Waals surface area contributed by atoms with Gasteiger partial charge >= 0.3 is 0 Å². The van der Waals surface area contributed by atoms with Crippen molar-refractivity contribution in [3.63, 3.8) is 0 Å². The van der Waals surface area contributed by atoms with Crippen molar-refractivity contribution in [3.05, 3.63) is 30.0 Å². The monoisotopic (exact) mass is 368 g/mol. The second-order valence-corrected chi connectivity index (χ2v) is 7.07. The molecule has 0 spiro atoms. The fourth-order valence-electron chi connectivity index (χ4n) is 3.53. The Morgan fingerprint density at radius 1 is 1.22 bits per heavy atom. The van der Waals surface area contributed by atoms with Crippen molar-refractivity contribution in [1.29, 1.82) is 0 Å². The second-order valence-electron chi connectivity index (χ2n) is 7.07. The summed E-state index contributed by atoms with van der Waals surface area (Å²) in [6.07, 6.45) is 3.74. The van der Waals surface area contributed by atoms with Crippen molar-refractivity contribution in [2.24, 2.45) is 0 Å². The quantitative estimate of drug-likeness (QED) is 0.860. The van der Waals surface area contributed by atoms with Gasteiger partial charge in [-0.15, -0.1) is 0 Å². The van der Waals surface area contributed by atoms with Gasteiger partial charge in [-0.05, 0) is 45.1 Å². The van der Waals surface area contributed by atoms with Gasteiger partial charge in [-0.1, -0.05) is 0 Å². The number of nitrogens with one attached hydrogen (secondary N) is 2. The van der Waals surface area contributed by atoms with Crippen LogP contribution in [0.1, 0.15) is 23.2 Å². The van der Waals surface area contributed by atoms with E-state index in [2.05, 4.69) is 37.4 Å². The van der Waals surface area contributed by atoms with E-state index in [9.17, 15) is 4.79 Å². The van der Waals surface area contributed by atoms with Gasteiger partial charge in [0.2, 0.25) is 5.95 Å². The summed E-state index contributed by atoms with van der Waals surface area (Å²) in [5, 5.41) is 6.15. The predicted octanol–water partition coefficient (Wildman–Crippen LogP) is 2.32. The number of benzene rings is 1. The zero-order valence-electron chi connectivity index (χ0n) is 15.8. The van der Waals surface area contributed by atoms with E-state index in [0.29, 0.717) is 34.8 Å². The zero-order chi connectivity index (χ0) is 19.0. The van der Waals surface area contributed by atoms with Crippen LogP contribution in [-0.2, 0) is 0 Å². The van der Waals surface area contributed by atoms with Crippen LogP contribution in [0.2, 0.25) is 0 Å². The number of carbonyl (C=O) groups is 1. The molecule has 1 saturated heterocycles. The molecule has 2 aliphatic rings. The maximum absolute atomic E-state index is 12.6. The van der Waals surface area contributed by atoms with Gasteiger partial charge in [0.15, 0.2) is 0 Å². The second kappa shape index (κ2) is 7.03. The number of piperidine rings is 1. The van der Waals surface area contributed by atoms with Gasteiger partial charge in [-0.2, -0.15) is 4.98 Å². The molecule has 8 heteroatoms. The molecule has 142 valence electrons. The highest BCUT2D eigenvalue weighted by Gasteiger charge is 2.25. The molecule has 3 heterocycles. The van der Waals surface area contributed by atoms with Crippen molar-refractivity contribution >= 4 is 29.0 Å². The normalized spacial score (nSPS) is 17.2. The first-order valence-corrected chi connectivity index (χ1v) is 9.10. The third kappa shape index (κ3) is 3.40. The third-order valence-corrected chi connectivity index (χ3v) is 5.30. The Morgan fingerprint density at radius 3 is 2.74 bits per heavy atom. The molecule has 1 fully saturated rings. The lowest BCUT2D eigenvalue weighted by Crippen LogP contribution is -2.42. The lowest BCUT2D eigenvalue weighted by atomic mass is 10.0. The first kappa shape index (κ1) is 17.5. The summed E-state index contributed by atoms with van der Waals surface area (Å²) in [4.78, 5) is 26.2. The minimum absolute atomic E-state index is 0.238. The minimum atomic E-state index is -0.238. The number of rotatable bonds is 3. The van der Waals surface area contributed by atoms with E-state index >= 15 is 0 Å². The summed E-state index contributed by atoms with van der Waals surface area (Å²) in [5.41, 5.74) is 1.85. The van der Waals surface area contributed by atoms with Crippen LogP contribution >= 0.6 is 0 Å². The molecular weight excluding hydrogens is 344 g/mol. The van der Waals surface area contributed by atoms with Crippen molar-refractivity contribution < 1.29 is 9.53 Å². The van der Waals surface area contributed by atoms with Gasteiger partial charge in [0, 0.05) is 25.4 Å². The number of nitrogens with zero attached hydrogens (tertiary/aromatic N) is 4. The number of hydrogen-bond acceptors (Lipinski definition) is 7. The van der Waals surface area contributed by atoms with Crippen LogP contribution in [0.4, 0.5) is 23.1 Å². The van der Waals surface area contributed by atoms with Crippen LogP contribution in [-0.4, -0.2) is 61.1 Å². The smallest absolute Gasteiger partial charge is 0.261 e. The average Bonchev–Trinajstić information content (AvgIpc) is 2.82. The van der Waals surface area contributed by atoms with Gasteiger partial charge in [-0.3, -0.25) is 4.79 Å². The molecule has 1 amide bonds. The highest BCUT2D eigenvalue weighted by atomic mass is 16.5. The van der Waals surface area contributed by atoms with Crippen LogP contribution in [0.25, 0.3) is 0 Å². The Kier molecular flexibility index (Phi) is 4.57. The van der Waals surface area contributed by atoms with E-state index in [1.807, 2.05) is 19.2 Å². The highest BCUT2D eigenvalue weighted by molar-refractivity contribution is 6.11. The van der Waals surface area contributed by atoms with Gasteiger partial charge in [0.05, 0.1) is 18.5 Å². The molecular formula is C19H24N6O2. The Labute approximate surface area is 158 Å². The summed E-state index contributed by atoms with van der Waals surface area (Å²) in [5.74, 6) is 1.58. The number of amides is 1. The van der Waals surface area contributed by atoms with Crippen LogP contribution in [0, 0.1) is 0 Å². The first-order valence-electron chi connectivity index (χ1n) is 9.10. The van der Waals surface area contributed by atoms with Crippen LogP contribution in [0.5, 0.6) is 5.75 Å². The zero-order valence-corrected chi connectivity index (χ0v) is 15.8. The van der Waals surface area contributed by atoms with E-state index in [1.54, 1.807) is 19.4 Å². The van der Waals surface area contributed by atoms with E-state index < -0.39 is 0 Å². The molecule has 0 saturated carbocycles. The topological polar surface area (TPSA) is 82.6 Å². The Morgan fingerprint density at radius 2 is 2.00 bits per heavy atom. The van der Waals surface area contributed by atoms with E-state index in [-0.39, 0.29) is 5.91 Å². The van der Waals surface area contributed by atoms with E-state index in [1.165, 1.54) is 0 Å². The summed E-state index contributed by atoms with van der Waals surface area (Å²) >= 11 is 0. The fourth-order valence-corrected chi connectivity index (χ4v) is 3.53. The minimum Gasteiger partial charge on any atom is -0.497 e. The summed E-state index contributed by atoms with van der Waals surface area (Å²) < 4.78 is 5.24. The van der Waals surface area contributed by atoms with Crippen molar-refractivity contribution in [2.75, 3.05) is 49.8 Å². The summed E-state index contributed by atoms with van der Waals surface area (Å²) in [7, 11) is 5.76. The summed E-state index contributed by atoms with van der Waals surface area (Å²) in [6, 6.07) is 5.89. The SMILES string of the molecule is COc1ccc2c(c1)NC(=O)c1cnc(N(C)C3CCN(C)CC3)nc1N2. The molecule has 0 atom stereocenters. The molecule has 2 aromatic rings. The summed E-state index contributed by atoms with van der Waals surface area (Å²) in [6.45, 7) is 2.13.